The second kappa shape index (κ2) is 6.32. The zero-order chi connectivity index (χ0) is 19.3. The molecule has 2 aromatic carbocycles. The van der Waals surface area contributed by atoms with E-state index in [9.17, 15) is 5.11 Å². The van der Waals surface area contributed by atoms with Crippen molar-refractivity contribution < 1.29 is 9.84 Å². The Morgan fingerprint density at radius 2 is 2.04 bits per heavy atom. The highest BCUT2D eigenvalue weighted by atomic mass is 35.5. The molecular weight excluding hydrogens is 364 g/mol. The number of anilines is 1. The molecule has 3 aromatic rings. The van der Waals surface area contributed by atoms with Gasteiger partial charge in [0, 0.05) is 23.8 Å². The number of aliphatic hydroxyl groups is 1. The van der Waals surface area contributed by atoms with Gasteiger partial charge in [-0.05, 0) is 36.8 Å². The highest BCUT2D eigenvalue weighted by molar-refractivity contribution is 6.33. The number of aromatic nitrogens is 2. The molecule has 0 amide bonds. The molecule has 0 saturated carbocycles. The van der Waals surface area contributed by atoms with Gasteiger partial charge in [-0.15, -0.1) is 0 Å². The second-order valence-electron chi connectivity index (χ2n) is 6.49. The number of halogens is 1. The molecule has 1 aliphatic heterocycles. The van der Waals surface area contributed by atoms with Crippen molar-refractivity contribution >= 4 is 39.7 Å². The number of hydrogen-bond acceptors (Lipinski definition) is 4. The average Bonchev–Trinajstić information content (AvgIpc) is 3.13. The number of hydrogen-bond donors (Lipinski definition) is 2. The van der Waals surface area contributed by atoms with E-state index >= 15 is 0 Å². The number of aliphatic hydroxyl groups excluding tert-OH is 1. The summed E-state index contributed by atoms with van der Waals surface area (Å²) >= 11 is 6.24. The van der Waals surface area contributed by atoms with Crippen molar-refractivity contribution in [3.05, 3.63) is 58.6 Å². The van der Waals surface area contributed by atoms with Crippen LogP contribution in [0.1, 0.15) is 11.4 Å². The van der Waals surface area contributed by atoms with Crippen molar-refractivity contribution in [3.8, 4) is 5.75 Å². The molecule has 0 bridgehead atoms. The Bertz CT molecular complexity index is 1120. The predicted molar refractivity (Wildman–Crippen MR) is 108 cm³/mol. The van der Waals surface area contributed by atoms with Crippen LogP contribution >= 0.6 is 11.6 Å². The number of rotatable bonds is 3. The van der Waals surface area contributed by atoms with Gasteiger partial charge in [0.15, 0.2) is 0 Å². The van der Waals surface area contributed by atoms with Gasteiger partial charge in [0.05, 0.1) is 30.3 Å². The fraction of sp³-hybridized carbons (Fsp3) is 0.200. The molecule has 4 rings (SSSR count). The third kappa shape index (κ3) is 2.64. The Kier molecular flexibility index (Phi) is 4.08. The number of fused-ring (bicyclic) bond motifs is 1. The number of amidine groups is 1. The van der Waals surface area contributed by atoms with E-state index in [1.807, 2.05) is 54.9 Å². The highest BCUT2D eigenvalue weighted by Crippen LogP contribution is 2.35. The lowest BCUT2D eigenvalue weighted by Gasteiger charge is -2.21. The van der Waals surface area contributed by atoms with E-state index in [0.717, 1.165) is 22.3 Å². The molecule has 1 aromatic heterocycles. The Morgan fingerprint density at radius 3 is 2.78 bits per heavy atom. The zero-order valence-corrected chi connectivity index (χ0v) is 16.0. The SMILES string of the molecule is COc1ccc2c(c1)nc(C1=C(O)CN(c3cccc(Cl)c3C)C1=N)n2C. The maximum atomic E-state index is 10.6. The van der Waals surface area contributed by atoms with E-state index in [2.05, 4.69) is 4.98 Å². The summed E-state index contributed by atoms with van der Waals surface area (Å²) < 4.78 is 7.14. The summed E-state index contributed by atoms with van der Waals surface area (Å²) in [6, 6.07) is 11.2. The molecule has 1 aliphatic rings. The van der Waals surface area contributed by atoms with Crippen molar-refractivity contribution in [1.82, 2.24) is 9.55 Å². The quantitative estimate of drug-likeness (QED) is 0.707. The lowest BCUT2D eigenvalue weighted by Crippen LogP contribution is -2.27. The summed E-state index contributed by atoms with van der Waals surface area (Å²) in [4.78, 5) is 6.39. The van der Waals surface area contributed by atoms with Crippen molar-refractivity contribution in [1.29, 1.82) is 5.41 Å². The van der Waals surface area contributed by atoms with Crippen LogP contribution in [0, 0.1) is 12.3 Å². The fourth-order valence-electron chi connectivity index (χ4n) is 3.44. The maximum Gasteiger partial charge on any atom is 0.148 e. The van der Waals surface area contributed by atoms with Crippen LogP contribution in [-0.4, -0.2) is 34.1 Å². The molecule has 27 heavy (non-hydrogen) atoms. The molecule has 2 N–H and O–H groups in total. The van der Waals surface area contributed by atoms with E-state index in [0.29, 0.717) is 22.2 Å². The molecule has 0 radical (unpaired) electrons. The highest BCUT2D eigenvalue weighted by Gasteiger charge is 2.33. The summed E-state index contributed by atoms with van der Waals surface area (Å²) in [6.45, 7) is 2.11. The first-order chi connectivity index (χ1) is 12.9. The molecule has 6 nitrogen and oxygen atoms in total. The maximum absolute atomic E-state index is 10.6. The first-order valence-corrected chi connectivity index (χ1v) is 8.84. The Morgan fingerprint density at radius 1 is 1.26 bits per heavy atom. The summed E-state index contributed by atoms with van der Waals surface area (Å²) in [7, 11) is 3.48. The molecule has 2 heterocycles. The van der Waals surface area contributed by atoms with Gasteiger partial charge in [-0.25, -0.2) is 4.98 Å². The third-order valence-corrected chi connectivity index (χ3v) is 5.35. The van der Waals surface area contributed by atoms with Gasteiger partial charge in [0.2, 0.25) is 0 Å². The van der Waals surface area contributed by atoms with Crippen LogP contribution in [0.4, 0.5) is 5.69 Å². The summed E-state index contributed by atoms with van der Waals surface area (Å²) in [5, 5.41) is 19.9. The van der Waals surface area contributed by atoms with Gasteiger partial charge in [-0.3, -0.25) is 5.41 Å². The van der Waals surface area contributed by atoms with E-state index in [-0.39, 0.29) is 18.1 Å². The van der Waals surface area contributed by atoms with Gasteiger partial charge in [0.1, 0.15) is 23.2 Å². The number of ether oxygens (including phenoxy) is 1. The van der Waals surface area contributed by atoms with Gasteiger partial charge in [-0.2, -0.15) is 0 Å². The van der Waals surface area contributed by atoms with Crippen LogP contribution in [0.5, 0.6) is 5.75 Å². The van der Waals surface area contributed by atoms with Crippen LogP contribution in [0.3, 0.4) is 0 Å². The van der Waals surface area contributed by atoms with Crippen molar-refractivity contribution in [3.63, 3.8) is 0 Å². The minimum Gasteiger partial charge on any atom is -0.509 e. The number of nitrogens with one attached hydrogen (secondary N) is 1. The lowest BCUT2D eigenvalue weighted by molar-refractivity contribution is 0.411. The van der Waals surface area contributed by atoms with Crippen molar-refractivity contribution in [2.45, 2.75) is 6.92 Å². The first-order valence-electron chi connectivity index (χ1n) is 8.47. The van der Waals surface area contributed by atoms with Crippen LogP contribution in [0.25, 0.3) is 16.6 Å². The zero-order valence-electron chi connectivity index (χ0n) is 15.2. The molecule has 0 saturated heterocycles. The molecular formula is C20H19ClN4O2. The number of nitrogens with zero attached hydrogens (tertiary/aromatic N) is 3. The first kappa shape index (κ1) is 17.4. The lowest BCUT2D eigenvalue weighted by atomic mass is 10.1. The number of imidazole rings is 1. The van der Waals surface area contributed by atoms with Crippen LogP contribution in [-0.2, 0) is 7.05 Å². The number of methoxy groups -OCH3 is 1. The molecule has 0 spiro atoms. The third-order valence-electron chi connectivity index (χ3n) is 4.94. The normalized spacial score (nSPS) is 14.5. The molecule has 0 fully saturated rings. The van der Waals surface area contributed by atoms with E-state index in [1.54, 1.807) is 12.0 Å². The summed E-state index contributed by atoms with van der Waals surface area (Å²) in [6.07, 6.45) is 0. The largest absolute Gasteiger partial charge is 0.509 e. The topological polar surface area (TPSA) is 74.4 Å². The Labute approximate surface area is 161 Å². The minimum atomic E-state index is 0.116. The minimum absolute atomic E-state index is 0.116. The second-order valence-corrected chi connectivity index (χ2v) is 6.90. The van der Waals surface area contributed by atoms with Crippen LogP contribution < -0.4 is 9.64 Å². The van der Waals surface area contributed by atoms with Gasteiger partial charge >= 0.3 is 0 Å². The van der Waals surface area contributed by atoms with Gasteiger partial charge < -0.3 is 19.3 Å². The summed E-state index contributed by atoms with van der Waals surface area (Å²) in [5.74, 6) is 1.57. The number of benzene rings is 2. The number of aryl methyl sites for hydroxylation is 1. The molecule has 0 aliphatic carbocycles. The predicted octanol–water partition coefficient (Wildman–Crippen LogP) is 4.31. The van der Waals surface area contributed by atoms with Crippen molar-refractivity contribution in [2.24, 2.45) is 7.05 Å². The molecule has 0 unspecified atom stereocenters. The standard InChI is InChI=1S/C20H19ClN4O2/c1-11-13(21)5-4-6-15(11)25-10-17(26)18(19(25)22)20-23-14-9-12(27-3)7-8-16(14)24(20)2/h4-9,22,26H,10H2,1-3H3. The Balaban J connectivity index is 1.79. The molecule has 0 atom stereocenters. The van der Waals surface area contributed by atoms with E-state index in [1.165, 1.54) is 0 Å². The average molecular weight is 383 g/mol. The fourth-order valence-corrected chi connectivity index (χ4v) is 3.61. The van der Waals surface area contributed by atoms with E-state index < -0.39 is 0 Å². The molecule has 138 valence electrons. The van der Waals surface area contributed by atoms with E-state index in [4.69, 9.17) is 21.7 Å². The smallest absolute Gasteiger partial charge is 0.148 e. The van der Waals surface area contributed by atoms with Crippen LogP contribution in [0.15, 0.2) is 42.2 Å². The monoisotopic (exact) mass is 382 g/mol. The van der Waals surface area contributed by atoms with Gasteiger partial charge in [-0.1, -0.05) is 17.7 Å². The van der Waals surface area contributed by atoms with Crippen LogP contribution in [0.2, 0.25) is 5.02 Å². The van der Waals surface area contributed by atoms with Crippen molar-refractivity contribution in [2.75, 3.05) is 18.6 Å². The molecule has 7 heteroatoms. The summed E-state index contributed by atoms with van der Waals surface area (Å²) in [5.41, 5.74) is 3.74. The van der Waals surface area contributed by atoms with Gasteiger partial charge in [0.25, 0.3) is 0 Å². The Hall–Kier alpha value is -2.99.